The lowest BCUT2D eigenvalue weighted by molar-refractivity contribution is -0.161. The van der Waals surface area contributed by atoms with Gasteiger partial charge in [-0.3, -0.25) is 4.79 Å². The molecule has 0 amide bonds. The highest BCUT2D eigenvalue weighted by Crippen LogP contribution is 2.58. The first-order chi connectivity index (χ1) is 29.3. The Bertz CT molecular complexity index is 2410. The molecule has 0 spiro atoms. The second-order valence-electron chi connectivity index (χ2n) is 16.4. The molecule has 0 saturated heterocycles. The quantitative estimate of drug-likeness (QED) is 0.0616. The van der Waals surface area contributed by atoms with E-state index in [2.05, 4.69) is 51.8 Å². The molecule has 6 aromatic rings. The van der Waals surface area contributed by atoms with Crippen molar-refractivity contribution in [3.8, 4) is 11.1 Å². The molecule has 12 heteroatoms. The van der Waals surface area contributed by atoms with Crippen LogP contribution in [0.4, 0.5) is 0 Å². The number of aromatic nitrogens is 2. The van der Waals surface area contributed by atoms with Crippen molar-refractivity contribution in [2.45, 2.75) is 71.4 Å². The Labute approximate surface area is 356 Å². The Kier molecular flexibility index (Phi) is 12.2. The highest BCUT2D eigenvalue weighted by atomic mass is 16.7. The molecule has 1 aliphatic rings. The van der Waals surface area contributed by atoms with E-state index in [-0.39, 0.29) is 24.5 Å². The largest absolute Gasteiger partial charge is 0.427 e. The molecule has 0 fully saturated rings. The SMILES string of the molecule is CCOCc1nc(C(C)(C)O)c(C(=O)OCOC(=O)C(C)(C)C)n1Cc1ccc(-c2ccccc2C2(C(c3ccccc3)(c3ccccc3)c3ccccc3)N=NN=N2)cc1. The fourth-order valence-electron chi connectivity index (χ4n) is 7.86. The van der Waals surface area contributed by atoms with E-state index in [0.717, 1.165) is 38.9 Å². The van der Waals surface area contributed by atoms with E-state index < -0.39 is 40.8 Å². The van der Waals surface area contributed by atoms with Gasteiger partial charge < -0.3 is 23.9 Å². The predicted molar refractivity (Wildman–Crippen MR) is 230 cm³/mol. The summed E-state index contributed by atoms with van der Waals surface area (Å²) in [5, 5.41) is 29.7. The molecule has 1 aromatic heterocycles. The number of nitrogens with zero attached hydrogens (tertiary/aromatic N) is 6. The van der Waals surface area contributed by atoms with Gasteiger partial charge in [-0.15, -0.1) is 10.2 Å². The second-order valence-corrected chi connectivity index (χ2v) is 16.4. The first-order valence-electron chi connectivity index (χ1n) is 20.2. The van der Waals surface area contributed by atoms with Crippen molar-refractivity contribution < 1.29 is 28.9 Å². The van der Waals surface area contributed by atoms with E-state index in [1.54, 1.807) is 39.2 Å². The summed E-state index contributed by atoms with van der Waals surface area (Å²) >= 11 is 0. The van der Waals surface area contributed by atoms with Crippen LogP contribution in [-0.4, -0.2) is 40.0 Å². The molecule has 0 radical (unpaired) electrons. The zero-order valence-electron chi connectivity index (χ0n) is 35.3. The lowest BCUT2D eigenvalue weighted by atomic mass is 9.59. The maximum absolute atomic E-state index is 13.8. The van der Waals surface area contributed by atoms with Crippen LogP contribution in [0.3, 0.4) is 0 Å². The van der Waals surface area contributed by atoms with Crippen molar-refractivity contribution in [1.29, 1.82) is 0 Å². The van der Waals surface area contributed by atoms with Crippen molar-refractivity contribution in [3.05, 3.63) is 185 Å². The summed E-state index contributed by atoms with van der Waals surface area (Å²) in [5.74, 6) is -0.903. The molecule has 61 heavy (non-hydrogen) atoms. The molecule has 0 unspecified atom stereocenters. The smallest absolute Gasteiger partial charge is 0.359 e. The van der Waals surface area contributed by atoms with Crippen molar-refractivity contribution in [2.75, 3.05) is 13.4 Å². The zero-order valence-corrected chi connectivity index (χ0v) is 35.3. The Hall–Kier alpha value is -6.63. The van der Waals surface area contributed by atoms with Gasteiger partial charge in [-0.25, -0.2) is 9.78 Å². The molecular formula is C49H50N6O6. The molecule has 0 bridgehead atoms. The Morgan fingerprint density at radius 2 is 1.21 bits per heavy atom. The van der Waals surface area contributed by atoms with Crippen LogP contribution in [0.1, 0.15) is 91.4 Å². The van der Waals surface area contributed by atoms with Gasteiger partial charge in [-0.2, -0.15) is 0 Å². The fraction of sp³-hybridized carbons (Fsp3) is 0.286. The summed E-state index contributed by atoms with van der Waals surface area (Å²) in [6.07, 6.45) is 0. The summed E-state index contributed by atoms with van der Waals surface area (Å²) in [7, 11) is 0. The lowest BCUT2D eigenvalue weighted by Crippen LogP contribution is -2.48. The minimum Gasteiger partial charge on any atom is -0.427 e. The monoisotopic (exact) mass is 818 g/mol. The van der Waals surface area contributed by atoms with Crippen LogP contribution < -0.4 is 0 Å². The molecule has 312 valence electrons. The van der Waals surface area contributed by atoms with Crippen LogP contribution in [0.25, 0.3) is 11.1 Å². The van der Waals surface area contributed by atoms with E-state index in [1.807, 2.05) is 110 Å². The summed E-state index contributed by atoms with van der Waals surface area (Å²) in [5.41, 5.74) is 1.73. The molecule has 5 aromatic carbocycles. The van der Waals surface area contributed by atoms with E-state index >= 15 is 0 Å². The number of aliphatic hydroxyl groups is 1. The Morgan fingerprint density at radius 3 is 1.72 bits per heavy atom. The Morgan fingerprint density at radius 1 is 0.689 bits per heavy atom. The van der Waals surface area contributed by atoms with Crippen molar-refractivity contribution in [3.63, 3.8) is 0 Å². The first kappa shape index (κ1) is 42.5. The second kappa shape index (κ2) is 17.5. The number of hydrogen-bond donors (Lipinski definition) is 1. The van der Waals surface area contributed by atoms with Crippen molar-refractivity contribution in [2.24, 2.45) is 26.1 Å². The minimum atomic E-state index is -1.52. The van der Waals surface area contributed by atoms with E-state index in [9.17, 15) is 14.7 Å². The zero-order chi connectivity index (χ0) is 43.3. The first-order valence-corrected chi connectivity index (χ1v) is 20.2. The molecule has 0 aliphatic carbocycles. The maximum Gasteiger partial charge on any atom is 0.359 e. The van der Waals surface area contributed by atoms with Gasteiger partial charge in [0.15, 0.2) is 5.69 Å². The standard InChI is InChI=1S/C49H50N6O6/c1-7-59-32-41-50-43(47(5,6)58)42(44(56)60-33-61-45(57)46(2,3)4)55(41)31-34-27-29-35(30-28-34)39-25-17-18-26-40(39)49(51-53-54-52-49)48(36-19-11-8-12-20-36,37-21-13-9-14-22-37)38-23-15-10-16-24-38/h8-30,58H,7,31-33H2,1-6H3. The van der Waals surface area contributed by atoms with Crippen LogP contribution in [0.5, 0.6) is 0 Å². The van der Waals surface area contributed by atoms with Gasteiger partial charge in [-0.05, 0) is 85.4 Å². The van der Waals surface area contributed by atoms with Crippen LogP contribution in [0.2, 0.25) is 0 Å². The molecule has 0 saturated carbocycles. The van der Waals surface area contributed by atoms with Gasteiger partial charge in [0.1, 0.15) is 23.7 Å². The number of esters is 2. The number of carbonyl (C=O) groups is 2. The van der Waals surface area contributed by atoms with Crippen molar-refractivity contribution >= 4 is 11.9 Å². The number of ether oxygens (including phenoxy) is 3. The molecule has 0 atom stereocenters. The number of hydrogen-bond acceptors (Lipinski definition) is 11. The van der Waals surface area contributed by atoms with Gasteiger partial charge in [0.2, 0.25) is 12.5 Å². The van der Waals surface area contributed by atoms with Crippen LogP contribution in [0.15, 0.2) is 160 Å². The highest BCUT2D eigenvalue weighted by molar-refractivity contribution is 5.89. The average molecular weight is 819 g/mol. The third kappa shape index (κ3) is 8.29. The predicted octanol–water partition coefficient (Wildman–Crippen LogP) is 10.1. The van der Waals surface area contributed by atoms with E-state index in [1.165, 1.54) is 0 Å². The summed E-state index contributed by atoms with van der Waals surface area (Å²) < 4.78 is 18.1. The van der Waals surface area contributed by atoms with Crippen molar-refractivity contribution in [1.82, 2.24) is 9.55 Å². The Balaban J connectivity index is 1.32. The van der Waals surface area contributed by atoms with Gasteiger partial charge >= 0.3 is 11.9 Å². The van der Waals surface area contributed by atoms with Gasteiger partial charge in [-0.1, -0.05) is 140 Å². The average Bonchev–Trinajstić information content (AvgIpc) is 3.91. The molecule has 7 rings (SSSR count). The summed E-state index contributed by atoms with van der Waals surface area (Å²) in [6.45, 7) is 10.2. The van der Waals surface area contributed by atoms with E-state index in [4.69, 9.17) is 24.4 Å². The third-order valence-corrected chi connectivity index (χ3v) is 10.7. The maximum atomic E-state index is 13.8. The van der Waals surface area contributed by atoms with Gasteiger partial charge in [0.05, 0.1) is 10.8 Å². The number of carbonyl (C=O) groups excluding carboxylic acids is 2. The van der Waals surface area contributed by atoms with E-state index in [0.29, 0.717) is 12.4 Å². The number of rotatable bonds is 15. The van der Waals surface area contributed by atoms with Gasteiger partial charge in [0, 0.05) is 18.7 Å². The lowest BCUT2D eigenvalue weighted by Gasteiger charge is -2.45. The molecule has 2 heterocycles. The topological polar surface area (TPSA) is 149 Å². The number of imidazole rings is 1. The molecule has 12 nitrogen and oxygen atoms in total. The molecule has 1 N–H and O–H groups in total. The van der Waals surface area contributed by atoms with Gasteiger partial charge in [0.25, 0.3) is 0 Å². The molecular weight excluding hydrogens is 769 g/mol. The number of benzene rings is 5. The molecule has 1 aliphatic heterocycles. The highest BCUT2D eigenvalue weighted by Gasteiger charge is 2.60. The summed E-state index contributed by atoms with van der Waals surface area (Å²) in [4.78, 5) is 30.9. The van der Waals surface area contributed by atoms with Crippen LogP contribution in [0, 0.1) is 5.41 Å². The normalized spacial score (nSPS) is 13.6. The fourth-order valence-corrected chi connectivity index (χ4v) is 7.86. The third-order valence-electron chi connectivity index (χ3n) is 10.7. The van der Waals surface area contributed by atoms with Crippen LogP contribution >= 0.6 is 0 Å². The minimum absolute atomic E-state index is 0.0291. The summed E-state index contributed by atoms with van der Waals surface area (Å²) in [6, 6.07) is 46.8. The van der Waals surface area contributed by atoms with Crippen LogP contribution in [-0.2, 0) is 48.8 Å².